The Morgan fingerprint density at radius 1 is 0.929 bits per heavy atom. The molecule has 0 spiro atoms. The summed E-state index contributed by atoms with van der Waals surface area (Å²) in [6.07, 6.45) is 9.82. The molecule has 0 bridgehead atoms. The van der Waals surface area contributed by atoms with Gasteiger partial charge in [-0.05, 0) is 24.5 Å². The Kier molecular flexibility index (Phi) is 4.18. The molecule has 0 fully saturated rings. The molecule has 1 aliphatic carbocycles. The van der Waals surface area contributed by atoms with Crippen LogP contribution < -0.4 is 0 Å². The van der Waals surface area contributed by atoms with Crippen LogP contribution in [0.1, 0.15) is 37.0 Å². The third kappa shape index (κ3) is 2.59. The fraction of sp³-hybridized carbons (Fsp3) is 0.286. The van der Waals surface area contributed by atoms with Gasteiger partial charge in [0.25, 0.3) is 0 Å². The standard InChI is InChI=1S/C12H12.C2H6/c1-10-7-8-11-5-3-2-4-6-12(11)9-10;1-2/h3-9H,2H2,1H3;1-2H3. The van der Waals surface area contributed by atoms with Crippen molar-refractivity contribution in [2.24, 2.45) is 0 Å². The lowest BCUT2D eigenvalue weighted by molar-refractivity contribution is 1.44. The highest BCUT2D eigenvalue weighted by atomic mass is 14.0. The zero-order valence-corrected chi connectivity index (χ0v) is 9.25. The van der Waals surface area contributed by atoms with Gasteiger partial charge in [-0.2, -0.15) is 0 Å². The lowest BCUT2D eigenvalue weighted by Crippen LogP contribution is -1.80. The van der Waals surface area contributed by atoms with Crippen LogP contribution >= 0.6 is 0 Å². The van der Waals surface area contributed by atoms with E-state index in [1.807, 2.05) is 13.8 Å². The van der Waals surface area contributed by atoms with Gasteiger partial charge in [0.15, 0.2) is 0 Å². The van der Waals surface area contributed by atoms with Crippen LogP contribution in [0, 0.1) is 6.92 Å². The van der Waals surface area contributed by atoms with Gasteiger partial charge in [0.05, 0.1) is 0 Å². The van der Waals surface area contributed by atoms with Gasteiger partial charge < -0.3 is 0 Å². The van der Waals surface area contributed by atoms with Gasteiger partial charge in [0.2, 0.25) is 0 Å². The molecule has 0 nitrogen and oxygen atoms in total. The number of hydrogen-bond acceptors (Lipinski definition) is 0. The maximum Gasteiger partial charge on any atom is -0.0162 e. The fourth-order valence-corrected chi connectivity index (χ4v) is 1.46. The van der Waals surface area contributed by atoms with Crippen molar-refractivity contribution in [3.63, 3.8) is 0 Å². The Morgan fingerprint density at radius 2 is 1.57 bits per heavy atom. The predicted molar refractivity (Wildman–Crippen MR) is 65.2 cm³/mol. The molecule has 1 aromatic carbocycles. The maximum atomic E-state index is 2.22. The Balaban J connectivity index is 0.000000461. The van der Waals surface area contributed by atoms with Crippen LogP contribution in [0.15, 0.2) is 30.4 Å². The molecule has 0 amide bonds. The lowest BCUT2D eigenvalue weighted by Gasteiger charge is -2.00. The Bertz CT molecular complexity index is 343. The summed E-state index contributed by atoms with van der Waals surface area (Å²) in [6, 6.07) is 6.56. The van der Waals surface area contributed by atoms with Crippen molar-refractivity contribution in [1.82, 2.24) is 0 Å². The van der Waals surface area contributed by atoms with E-state index in [-0.39, 0.29) is 0 Å². The minimum absolute atomic E-state index is 1.05. The zero-order chi connectivity index (χ0) is 10.4. The summed E-state index contributed by atoms with van der Waals surface area (Å²) in [4.78, 5) is 0. The van der Waals surface area contributed by atoms with Crippen molar-refractivity contribution in [2.75, 3.05) is 0 Å². The SMILES string of the molecule is CC.Cc1ccc2c(c1)C=CCC=C2. The van der Waals surface area contributed by atoms with Crippen molar-refractivity contribution in [2.45, 2.75) is 27.2 Å². The van der Waals surface area contributed by atoms with Crippen molar-refractivity contribution in [3.8, 4) is 0 Å². The van der Waals surface area contributed by atoms with Crippen LogP contribution in [0.3, 0.4) is 0 Å². The van der Waals surface area contributed by atoms with Crippen LogP contribution in [-0.4, -0.2) is 0 Å². The summed E-state index contributed by atoms with van der Waals surface area (Å²) in [5.74, 6) is 0. The second-order valence-corrected chi connectivity index (χ2v) is 3.17. The third-order valence-corrected chi connectivity index (χ3v) is 2.11. The quantitative estimate of drug-likeness (QED) is 0.561. The van der Waals surface area contributed by atoms with Crippen molar-refractivity contribution < 1.29 is 0 Å². The molecule has 0 heteroatoms. The number of allylic oxidation sites excluding steroid dienone is 2. The van der Waals surface area contributed by atoms with Crippen LogP contribution in [-0.2, 0) is 0 Å². The van der Waals surface area contributed by atoms with E-state index in [1.165, 1.54) is 16.7 Å². The second kappa shape index (κ2) is 5.43. The Labute approximate surface area is 87.0 Å². The van der Waals surface area contributed by atoms with E-state index in [0.717, 1.165) is 6.42 Å². The maximum absolute atomic E-state index is 2.22. The molecular formula is C14H18. The molecule has 0 unspecified atom stereocenters. The van der Waals surface area contributed by atoms with Gasteiger partial charge in [0.1, 0.15) is 0 Å². The summed E-state index contributed by atoms with van der Waals surface area (Å²) in [6.45, 7) is 6.13. The summed E-state index contributed by atoms with van der Waals surface area (Å²) in [5.41, 5.74) is 3.99. The van der Waals surface area contributed by atoms with E-state index >= 15 is 0 Å². The van der Waals surface area contributed by atoms with E-state index in [1.54, 1.807) is 0 Å². The normalized spacial score (nSPS) is 12.5. The van der Waals surface area contributed by atoms with Crippen LogP contribution in [0.25, 0.3) is 12.2 Å². The molecule has 74 valence electrons. The highest BCUT2D eigenvalue weighted by Crippen LogP contribution is 2.18. The minimum Gasteiger partial charge on any atom is -0.0801 e. The first-order valence-electron chi connectivity index (χ1n) is 5.30. The van der Waals surface area contributed by atoms with Gasteiger partial charge in [-0.15, -0.1) is 0 Å². The second-order valence-electron chi connectivity index (χ2n) is 3.17. The molecule has 0 heterocycles. The van der Waals surface area contributed by atoms with Crippen LogP contribution in [0.4, 0.5) is 0 Å². The molecule has 0 aromatic heterocycles. The number of benzene rings is 1. The number of rotatable bonds is 0. The number of hydrogen-bond donors (Lipinski definition) is 0. The molecular weight excluding hydrogens is 168 g/mol. The van der Waals surface area contributed by atoms with Gasteiger partial charge >= 0.3 is 0 Å². The smallest absolute Gasteiger partial charge is 0.0162 e. The first-order chi connectivity index (χ1) is 6.86. The molecule has 14 heavy (non-hydrogen) atoms. The molecule has 0 saturated heterocycles. The van der Waals surface area contributed by atoms with Gasteiger partial charge in [-0.1, -0.05) is 61.9 Å². The lowest BCUT2D eigenvalue weighted by atomic mass is 10.0. The monoisotopic (exact) mass is 186 g/mol. The molecule has 1 aliphatic rings. The van der Waals surface area contributed by atoms with Crippen LogP contribution in [0.2, 0.25) is 0 Å². The number of fused-ring (bicyclic) bond motifs is 1. The topological polar surface area (TPSA) is 0 Å². The van der Waals surface area contributed by atoms with E-state index in [4.69, 9.17) is 0 Å². The summed E-state index contributed by atoms with van der Waals surface area (Å²) in [7, 11) is 0. The summed E-state index contributed by atoms with van der Waals surface area (Å²) >= 11 is 0. The Hall–Kier alpha value is -1.30. The van der Waals surface area contributed by atoms with E-state index < -0.39 is 0 Å². The largest absolute Gasteiger partial charge is 0.0801 e. The molecule has 2 rings (SSSR count). The van der Waals surface area contributed by atoms with Gasteiger partial charge in [-0.3, -0.25) is 0 Å². The first kappa shape index (κ1) is 10.8. The summed E-state index contributed by atoms with van der Waals surface area (Å²) in [5, 5.41) is 0. The summed E-state index contributed by atoms with van der Waals surface area (Å²) < 4.78 is 0. The van der Waals surface area contributed by atoms with Crippen molar-refractivity contribution in [1.29, 1.82) is 0 Å². The first-order valence-corrected chi connectivity index (χ1v) is 5.30. The molecule has 0 saturated carbocycles. The highest BCUT2D eigenvalue weighted by Gasteiger charge is 1.97. The van der Waals surface area contributed by atoms with Gasteiger partial charge in [-0.25, -0.2) is 0 Å². The molecule has 1 aromatic rings. The zero-order valence-electron chi connectivity index (χ0n) is 9.25. The molecule has 0 radical (unpaired) electrons. The molecule has 0 atom stereocenters. The van der Waals surface area contributed by atoms with Crippen molar-refractivity contribution in [3.05, 3.63) is 47.0 Å². The minimum atomic E-state index is 1.05. The van der Waals surface area contributed by atoms with E-state index in [2.05, 4.69) is 49.4 Å². The van der Waals surface area contributed by atoms with Crippen molar-refractivity contribution >= 4 is 12.2 Å². The highest BCUT2D eigenvalue weighted by molar-refractivity contribution is 5.67. The van der Waals surface area contributed by atoms with E-state index in [9.17, 15) is 0 Å². The number of aryl methyl sites for hydroxylation is 1. The predicted octanol–water partition coefficient (Wildman–Crippen LogP) is 4.45. The van der Waals surface area contributed by atoms with Crippen LogP contribution in [0.5, 0.6) is 0 Å². The fourth-order valence-electron chi connectivity index (χ4n) is 1.46. The van der Waals surface area contributed by atoms with Gasteiger partial charge in [0, 0.05) is 0 Å². The average Bonchev–Trinajstić information content (AvgIpc) is 2.45. The Morgan fingerprint density at radius 3 is 2.29 bits per heavy atom. The molecule has 0 aliphatic heterocycles. The average molecular weight is 186 g/mol. The molecule has 0 N–H and O–H groups in total. The van der Waals surface area contributed by atoms with E-state index in [0.29, 0.717) is 0 Å². The third-order valence-electron chi connectivity index (χ3n) is 2.11.